The quantitative estimate of drug-likeness (QED) is 0.623. The number of rotatable bonds is 4. The zero-order valence-corrected chi connectivity index (χ0v) is 14.4. The molecule has 1 aliphatic heterocycles. The molecule has 1 aliphatic rings. The van der Waals surface area contributed by atoms with Crippen LogP contribution in [-0.4, -0.2) is 36.0 Å². The van der Waals surface area contributed by atoms with Crippen molar-refractivity contribution in [3.05, 3.63) is 68.7 Å². The maximum atomic E-state index is 11.0. The van der Waals surface area contributed by atoms with E-state index in [1.165, 1.54) is 11.3 Å². The summed E-state index contributed by atoms with van der Waals surface area (Å²) in [5, 5.41) is 11.2. The molecule has 1 fully saturated rings. The zero-order valence-electron chi connectivity index (χ0n) is 13.6. The molecule has 3 rings (SSSR count). The summed E-state index contributed by atoms with van der Waals surface area (Å²) in [5.41, 5.74) is 3.49. The smallest absolute Gasteiger partial charge is 0.288 e. The van der Waals surface area contributed by atoms with E-state index in [0.29, 0.717) is 6.54 Å². The Bertz CT molecular complexity index is 743. The van der Waals surface area contributed by atoms with Gasteiger partial charge in [-0.05, 0) is 30.2 Å². The van der Waals surface area contributed by atoms with Crippen LogP contribution in [-0.2, 0) is 6.54 Å². The van der Waals surface area contributed by atoms with E-state index < -0.39 is 4.92 Å². The summed E-state index contributed by atoms with van der Waals surface area (Å²) >= 11 is 5.87. The molecule has 6 heteroatoms. The van der Waals surface area contributed by atoms with Crippen molar-refractivity contribution in [3.63, 3.8) is 0 Å². The number of halogens is 1. The molecule has 0 spiro atoms. The maximum absolute atomic E-state index is 11.0. The lowest BCUT2D eigenvalue weighted by Crippen LogP contribution is -2.46. The Balaban J connectivity index is 1.63. The van der Waals surface area contributed by atoms with Crippen molar-refractivity contribution >= 4 is 23.0 Å². The van der Waals surface area contributed by atoms with E-state index in [0.717, 1.165) is 31.7 Å². The van der Waals surface area contributed by atoms with Crippen molar-refractivity contribution in [2.45, 2.75) is 13.5 Å². The lowest BCUT2D eigenvalue weighted by Gasteiger charge is -2.36. The van der Waals surface area contributed by atoms with Crippen molar-refractivity contribution < 1.29 is 4.92 Å². The Morgan fingerprint density at radius 1 is 1.12 bits per heavy atom. The molecule has 126 valence electrons. The first kappa shape index (κ1) is 16.7. The van der Waals surface area contributed by atoms with Crippen LogP contribution in [0.15, 0.2) is 42.5 Å². The van der Waals surface area contributed by atoms with Gasteiger partial charge in [0.25, 0.3) is 5.69 Å². The molecule has 0 radical (unpaired) electrons. The van der Waals surface area contributed by atoms with Crippen molar-refractivity contribution in [2.75, 3.05) is 31.1 Å². The minimum absolute atomic E-state index is 0.0206. The number of hydrogen-bond acceptors (Lipinski definition) is 4. The molecule has 0 saturated carbocycles. The number of anilines is 1. The Kier molecular flexibility index (Phi) is 5.02. The van der Waals surface area contributed by atoms with E-state index in [1.807, 2.05) is 6.07 Å². The predicted molar refractivity (Wildman–Crippen MR) is 96.8 cm³/mol. The highest BCUT2D eigenvalue weighted by Gasteiger charge is 2.19. The molecule has 0 amide bonds. The van der Waals surface area contributed by atoms with Crippen LogP contribution in [0.2, 0.25) is 5.02 Å². The third-order valence-electron chi connectivity index (χ3n) is 4.44. The van der Waals surface area contributed by atoms with Gasteiger partial charge < -0.3 is 4.90 Å². The highest BCUT2D eigenvalue weighted by Crippen LogP contribution is 2.26. The lowest BCUT2D eigenvalue weighted by molar-refractivity contribution is -0.384. The summed E-state index contributed by atoms with van der Waals surface area (Å²) in [6.07, 6.45) is 0. The third kappa shape index (κ3) is 3.68. The van der Waals surface area contributed by atoms with Crippen LogP contribution < -0.4 is 4.90 Å². The molecule has 2 aromatic rings. The second-order valence-electron chi connectivity index (χ2n) is 6.09. The van der Waals surface area contributed by atoms with E-state index in [2.05, 4.69) is 41.0 Å². The van der Waals surface area contributed by atoms with Crippen molar-refractivity contribution in [3.8, 4) is 0 Å². The number of nitro groups is 1. The standard InChI is InChI=1S/C18H20ClN3O2/c1-14-4-2-3-5-17(14)21-10-8-20(9-11-21)13-15-6-7-16(19)18(12-15)22(23)24/h2-7,12H,8-11,13H2,1H3. The third-order valence-corrected chi connectivity index (χ3v) is 4.76. The van der Waals surface area contributed by atoms with Gasteiger partial charge in [0.05, 0.1) is 4.92 Å². The minimum atomic E-state index is -0.429. The van der Waals surface area contributed by atoms with Gasteiger partial charge in [-0.1, -0.05) is 35.9 Å². The van der Waals surface area contributed by atoms with Crippen LogP contribution in [0, 0.1) is 17.0 Å². The predicted octanol–water partition coefficient (Wildman–Crippen LogP) is 3.88. The molecular formula is C18H20ClN3O2. The highest BCUT2D eigenvalue weighted by molar-refractivity contribution is 6.32. The molecule has 1 saturated heterocycles. The molecule has 0 bridgehead atoms. The van der Waals surface area contributed by atoms with Gasteiger partial charge in [-0.15, -0.1) is 0 Å². The lowest BCUT2D eigenvalue weighted by atomic mass is 10.1. The topological polar surface area (TPSA) is 49.6 Å². The number of nitro benzene ring substituents is 1. The van der Waals surface area contributed by atoms with Crippen LogP contribution in [0.4, 0.5) is 11.4 Å². The number of para-hydroxylation sites is 1. The van der Waals surface area contributed by atoms with Crippen molar-refractivity contribution in [1.82, 2.24) is 4.90 Å². The van der Waals surface area contributed by atoms with Gasteiger partial charge in [0.1, 0.15) is 5.02 Å². The number of piperazine rings is 1. The van der Waals surface area contributed by atoms with Gasteiger partial charge in [-0.2, -0.15) is 0 Å². The van der Waals surface area contributed by atoms with Gasteiger partial charge in [0, 0.05) is 44.5 Å². The fraction of sp³-hybridized carbons (Fsp3) is 0.333. The summed E-state index contributed by atoms with van der Waals surface area (Å²) in [7, 11) is 0. The van der Waals surface area contributed by atoms with E-state index in [-0.39, 0.29) is 10.7 Å². The number of benzene rings is 2. The first-order valence-electron chi connectivity index (χ1n) is 8.00. The Hall–Kier alpha value is -2.11. The largest absolute Gasteiger partial charge is 0.369 e. The molecule has 0 unspecified atom stereocenters. The summed E-state index contributed by atoms with van der Waals surface area (Å²) < 4.78 is 0. The van der Waals surface area contributed by atoms with Crippen molar-refractivity contribution in [2.24, 2.45) is 0 Å². The van der Waals surface area contributed by atoms with Gasteiger partial charge in [-0.3, -0.25) is 15.0 Å². The van der Waals surface area contributed by atoms with Crippen LogP contribution >= 0.6 is 11.6 Å². The molecule has 1 heterocycles. The Labute approximate surface area is 146 Å². The fourth-order valence-corrected chi connectivity index (χ4v) is 3.31. The van der Waals surface area contributed by atoms with Gasteiger partial charge in [0.2, 0.25) is 0 Å². The fourth-order valence-electron chi connectivity index (χ4n) is 3.12. The molecule has 2 aromatic carbocycles. The molecule has 0 atom stereocenters. The van der Waals surface area contributed by atoms with Crippen molar-refractivity contribution in [1.29, 1.82) is 0 Å². The molecular weight excluding hydrogens is 326 g/mol. The Morgan fingerprint density at radius 2 is 1.83 bits per heavy atom. The van der Waals surface area contributed by atoms with Gasteiger partial charge >= 0.3 is 0 Å². The summed E-state index contributed by atoms with van der Waals surface area (Å²) in [6.45, 7) is 6.63. The number of aryl methyl sites for hydroxylation is 1. The first-order chi connectivity index (χ1) is 11.5. The van der Waals surface area contributed by atoms with Gasteiger partial charge in [-0.25, -0.2) is 0 Å². The SMILES string of the molecule is Cc1ccccc1N1CCN(Cc2ccc(Cl)c([N+](=O)[O-])c2)CC1. The molecule has 0 aliphatic carbocycles. The van der Waals surface area contributed by atoms with Crippen LogP contribution in [0.25, 0.3) is 0 Å². The highest BCUT2D eigenvalue weighted by atomic mass is 35.5. The average Bonchev–Trinajstić information content (AvgIpc) is 2.58. The first-order valence-corrected chi connectivity index (χ1v) is 8.38. The Morgan fingerprint density at radius 3 is 2.50 bits per heavy atom. The van der Waals surface area contributed by atoms with Gasteiger partial charge in [0.15, 0.2) is 0 Å². The van der Waals surface area contributed by atoms with E-state index >= 15 is 0 Å². The summed E-state index contributed by atoms with van der Waals surface area (Å²) in [4.78, 5) is 15.3. The average molecular weight is 346 g/mol. The van der Waals surface area contributed by atoms with E-state index in [9.17, 15) is 10.1 Å². The van der Waals surface area contributed by atoms with Crippen LogP contribution in [0.5, 0.6) is 0 Å². The molecule has 0 N–H and O–H groups in total. The number of hydrogen-bond donors (Lipinski definition) is 0. The van der Waals surface area contributed by atoms with E-state index in [1.54, 1.807) is 12.1 Å². The van der Waals surface area contributed by atoms with E-state index in [4.69, 9.17) is 11.6 Å². The second-order valence-corrected chi connectivity index (χ2v) is 6.50. The minimum Gasteiger partial charge on any atom is -0.369 e. The van der Waals surface area contributed by atoms with Crippen LogP contribution in [0.1, 0.15) is 11.1 Å². The molecule has 0 aromatic heterocycles. The maximum Gasteiger partial charge on any atom is 0.288 e. The monoisotopic (exact) mass is 345 g/mol. The normalized spacial score (nSPS) is 15.5. The number of nitrogens with zero attached hydrogens (tertiary/aromatic N) is 3. The molecule has 5 nitrogen and oxygen atoms in total. The second kappa shape index (κ2) is 7.20. The van der Waals surface area contributed by atoms with Crippen LogP contribution in [0.3, 0.4) is 0 Å². The molecule has 24 heavy (non-hydrogen) atoms. The summed E-state index contributed by atoms with van der Waals surface area (Å²) in [5.74, 6) is 0. The summed E-state index contributed by atoms with van der Waals surface area (Å²) in [6, 6.07) is 13.5. The zero-order chi connectivity index (χ0) is 17.1.